The Morgan fingerprint density at radius 3 is 1.97 bits per heavy atom. The number of amides is 5. The number of carbonyl (C=O) groups excluding carboxylic acids is 5. The van der Waals surface area contributed by atoms with Gasteiger partial charge in [0.15, 0.2) is 0 Å². The van der Waals surface area contributed by atoms with Gasteiger partial charge in [-0.2, -0.15) is 5.10 Å². The molecule has 5 amide bonds. The van der Waals surface area contributed by atoms with Gasteiger partial charge in [0, 0.05) is 12.6 Å². The first-order valence-electron chi connectivity index (χ1n) is 8.54. The summed E-state index contributed by atoms with van der Waals surface area (Å²) in [5, 5.41) is 9.33. The van der Waals surface area contributed by atoms with Gasteiger partial charge in [-0.3, -0.25) is 30.4 Å². The second-order valence-corrected chi connectivity index (χ2v) is 5.30. The maximum absolute atomic E-state index is 14.0. The molecule has 4 N–H and O–H groups in total. The van der Waals surface area contributed by atoms with Crippen LogP contribution in [-0.2, 0) is 23.9 Å². The summed E-state index contributed by atoms with van der Waals surface area (Å²) < 4.78 is 23.0. The number of alkyl carbamates (subject to hydrolysis) is 2. The minimum atomic E-state index is -1.33. The zero-order chi connectivity index (χ0) is 22.7. The van der Waals surface area contributed by atoms with E-state index in [1.165, 1.54) is 26.8 Å². The highest BCUT2D eigenvalue weighted by molar-refractivity contribution is 6.66. The summed E-state index contributed by atoms with van der Waals surface area (Å²) in [5.74, 6) is -3.91. The first-order valence-corrected chi connectivity index (χ1v) is 8.54. The lowest BCUT2D eigenvalue weighted by Gasteiger charge is -2.10. The highest BCUT2D eigenvalue weighted by atomic mass is 19.1. The standard InChI is InChI=1S/C17H20FN5O7/c1-4-29-16(27)20-14(25)13(15(26)21-17(28)30-5-2)23-22-12-8-10(19-9(3)24)6-7-11(12)18/h6-8,22H,4-5H2,1-3H3,(H,19,24)(H,20,25,27)(H,21,26,28). The fourth-order valence-electron chi connectivity index (χ4n) is 1.85. The molecule has 0 aliphatic carbocycles. The summed E-state index contributed by atoms with van der Waals surface area (Å²) in [5.41, 5.74) is 1.03. The third-order valence-electron chi connectivity index (χ3n) is 2.99. The number of imide groups is 2. The smallest absolute Gasteiger partial charge is 0.414 e. The number of ether oxygens (including phenoxy) is 2. The maximum Gasteiger partial charge on any atom is 0.414 e. The van der Waals surface area contributed by atoms with Crippen molar-refractivity contribution in [2.24, 2.45) is 5.10 Å². The maximum atomic E-state index is 14.0. The highest BCUT2D eigenvalue weighted by Crippen LogP contribution is 2.19. The van der Waals surface area contributed by atoms with Gasteiger partial charge in [0.1, 0.15) is 5.82 Å². The molecule has 0 spiro atoms. The Bertz CT molecular complexity index is 838. The van der Waals surface area contributed by atoms with Crippen molar-refractivity contribution < 1.29 is 37.8 Å². The highest BCUT2D eigenvalue weighted by Gasteiger charge is 2.25. The van der Waals surface area contributed by atoms with Gasteiger partial charge in [-0.15, -0.1) is 0 Å². The number of hydrazone groups is 1. The normalized spacial score (nSPS) is 9.60. The minimum Gasteiger partial charge on any atom is -0.450 e. The van der Waals surface area contributed by atoms with Crippen LogP contribution < -0.4 is 21.4 Å². The van der Waals surface area contributed by atoms with Crippen LogP contribution in [0.3, 0.4) is 0 Å². The third kappa shape index (κ3) is 7.92. The summed E-state index contributed by atoms with van der Waals surface area (Å²) in [6.45, 7) is 4.10. The lowest BCUT2D eigenvalue weighted by atomic mass is 10.2. The SMILES string of the molecule is CCOC(=O)NC(=O)C(=NNc1cc(NC(C)=O)ccc1F)C(=O)NC(=O)OCC. The van der Waals surface area contributed by atoms with E-state index in [2.05, 4.69) is 25.3 Å². The van der Waals surface area contributed by atoms with Crippen LogP contribution in [-0.4, -0.2) is 48.8 Å². The molecule has 0 heterocycles. The Balaban J connectivity index is 3.14. The molecule has 162 valence electrons. The number of nitrogens with zero attached hydrogens (tertiary/aromatic N) is 1. The van der Waals surface area contributed by atoms with Gasteiger partial charge in [-0.05, 0) is 32.0 Å². The number of rotatable bonds is 7. The van der Waals surface area contributed by atoms with Gasteiger partial charge < -0.3 is 14.8 Å². The number of hydrogen-bond acceptors (Lipinski definition) is 9. The van der Waals surface area contributed by atoms with Crippen molar-refractivity contribution in [1.29, 1.82) is 0 Å². The Hall–Kier alpha value is -4.03. The molecule has 0 fully saturated rings. The molecule has 0 aliphatic rings. The zero-order valence-electron chi connectivity index (χ0n) is 16.3. The Labute approximate surface area is 170 Å². The Morgan fingerprint density at radius 2 is 1.50 bits per heavy atom. The molecule has 0 aliphatic heterocycles. The number of anilines is 2. The molecule has 1 aromatic carbocycles. The van der Waals surface area contributed by atoms with Gasteiger partial charge in [0.2, 0.25) is 11.6 Å². The summed E-state index contributed by atoms with van der Waals surface area (Å²) in [6, 6.07) is 3.41. The van der Waals surface area contributed by atoms with E-state index in [-0.39, 0.29) is 24.6 Å². The molecule has 0 atom stereocenters. The largest absolute Gasteiger partial charge is 0.450 e. The van der Waals surface area contributed by atoms with Crippen molar-refractivity contribution in [1.82, 2.24) is 10.6 Å². The zero-order valence-corrected chi connectivity index (χ0v) is 16.3. The second-order valence-electron chi connectivity index (χ2n) is 5.30. The molecular formula is C17H20FN5O7. The van der Waals surface area contributed by atoms with Crippen molar-refractivity contribution in [3.05, 3.63) is 24.0 Å². The van der Waals surface area contributed by atoms with E-state index < -0.39 is 41.4 Å². The summed E-state index contributed by atoms with van der Waals surface area (Å²) in [6.07, 6.45) is -2.34. The molecule has 0 saturated carbocycles. The Morgan fingerprint density at radius 1 is 0.967 bits per heavy atom. The lowest BCUT2D eigenvalue weighted by molar-refractivity contribution is -0.118. The van der Waals surface area contributed by atoms with E-state index in [9.17, 15) is 28.4 Å². The quantitative estimate of drug-likeness (QED) is 0.286. The van der Waals surface area contributed by atoms with E-state index in [1.807, 2.05) is 0 Å². The topological polar surface area (TPSA) is 164 Å². The van der Waals surface area contributed by atoms with Crippen molar-refractivity contribution in [2.75, 3.05) is 24.0 Å². The van der Waals surface area contributed by atoms with Gasteiger partial charge >= 0.3 is 12.2 Å². The number of benzene rings is 1. The molecule has 0 unspecified atom stereocenters. The van der Waals surface area contributed by atoms with E-state index in [1.54, 1.807) is 10.6 Å². The summed E-state index contributed by atoms with van der Waals surface area (Å²) in [7, 11) is 0. The van der Waals surface area contributed by atoms with Crippen LogP contribution in [0.5, 0.6) is 0 Å². The van der Waals surface area contributed by atoms with Crippen LogP contribution in [0.15, 0.2) is 23.3 Å². The fraction of sp³-hybridized carbons (Fsp3) is 0.294. The number of hydrogen-bond donors (Lipinski definition) is 4. The van der Waals surface area contributed by atoms with E-state index in [0.717, 1.165) is 12.1 Å². The van der Waals surface area contributed by atoms with Crippen molar-refractivity contribution >= 4 is 47.0 Å². The third-order valence-corrected chi connectivity index (χ3v) is 2.99. The summed E-state index contributed by atoms with van der Waals surface area (Å²) >= 11 is 0. The van der Waals surface area contributed by atoms with Crippen LogP contribution in [0.25, 0.3) is 0 Å². The van der Waals surface area contributed by atoms with Crippen molar-refractivity contribution in [3.63, 3.8) is 0 Å². The molecule has 0 aromatic heterocycles. The second kappa shape index (κ2) is 11.7. The van der Waals surface area contributed by atoms with Crippen LogP contribution >= 0.6 is 0 Å². The van der Waals surface area contributed by atoms with E-state index >= 15 is 0 Å². The molecule has 0 saturated heterocycles. The molecule has 13 heteroatoms. The molecule has 0 radical (unpaired) electrons. The Kier molecular flexibility index (Phi) is 9.39. The van der Waals surface area contributed by atoms with Crippen LogP contribution in [0, 0.1) is 5.82 Å². The molecule has 1 aromatic rings. The first-order chi connectivity index (χ1) is 14.2. The van der Waals surface area contributed by atoms with Crippen LogP contribution in [0.1, 0.15) is 20.8 Å². The van der Waals surface area contributed by atoms with E-state index in [0.29, 0.717) is 0 Å². The molecular weight excluding hydrogens is 405 g/mol. The van der Waals surface area contributed by atoms with Crippen LogP contribution in [0.2, 0.25) is 0 Å². The van der Waals surface area contributed by atoms with Crippen LogP contribution in [0.4, 0.5) is 25.4 Å². The van der Waals surface area contributed by atoms with Gasteiger partial charge in [0.25, 0.3) is 11.8 Å². The predicted molar refractivity (Wildman–Crippen MR) is 102 cm³/mol. The monoisotopic (exact) mass is 425 g/mol. The molecule has 30 heavy (non-hydrogen) atoms. The minimum absolute atomic E-state index is 0.0555. The summed E-state index contributed by atoms with van der Waals surface area (Å²) in [4.78, 5) is 58.3. The fourth-order valence-corrected chi connectivity index (χ4v) is 1.85. The lowest BCUT2D eigenvalue weighted by Crippen LogP contribution is -2.46. The number of carbonyl (C=O) groups is 5. The van der Waals surface area contributed by atoms with Crippen molar-refractivity contribution in [3.8, 4) is 0 Å². The predicted octanol–water partition coefficient (Wildman–Crippen LogP) is 1.10. The molecule has 0 bridgehead atoms. The number of nitrogens with one attached hydrogen (secondary N) is 4. The average Bonchev–Trinajstić information content (AvgIpc) is 2.64. The van der Waals surface area contributed by atoms with Gasteiger partial charge in [-0.1, -0.05) is 0 Å². The first kappa shape index (κ1) is 24.0. The van der Waals surface area contributed by atoms with E-state index in [4.69, 9.17) is 0 Å². The van der Waals surface area contributed by atoms with Gasteiger partial charge in [0.05, 0.1) is 18.9 Å². The molecule has 1 rings (SSSR count). The number of halogens is 1. The van der Waals surface area contributed by atoms with Gasteiger partial charge in [-0.25, -0.2) is 14.0 Å². The molecule has 12 nitrogen and oxygen atoms in total. The van der Waals surface area contributed by atoms with Crippen molar-refractivity contribution in [2.45, 2.75) is 20.8 Å². The average molecular weight is 425 g/mol.